The number of alkyl halides is 1. The van der Waals surface area contributed by atoms with Crippen LogP contribution in [0.3, 0.4) is 0 Å². The second kappa shape index (κ2) is 5.87. The van der Waals surface area contributed by atoms with Gasteiger partial charge in [-0.2, -0.15) is 0 Å². The second-order valence-corrected chi connectivity index (χ2v) is 4.24. The molecule has 0 radical (unpaired) electrons. The van der Waals surface area contributed by atoms with Gasteiger partial charge in [-0.05, 0) is 36.8 Å². The molecule has 0 N–H and O–H groups in total. The average Bonchev–Trinajstić information content (AvgIpc) is 2.85. The molecule has 0 aliphatic carbocycles. The standard InChI is InChI=1S/C15H14ClFO/c1-2-11(10-16)9-12-7-8-15(18-12)13-5-3-4-6-14(13)17/h3-9H,2,10H2,1H3. The van der Waals surface area contributed by atoms with Gasteiger partial charge in [0.1, 0.15) is 17.3 Å². The highest BCUT2D eigenvalue weighted by atomic mass is 35.5. The molecule has 0 unspecified atom stereocenters. The lowest BCUT2D eigenvalue weighted by Crippen LogP contribution is -1.81. The van der Waals surface area contributed by atoms with Crippen molar-refractivity contribution in [1.29, 1.82) is 0 Å². The zero-order valence-corrected chi connectivity index (χ0v) is 10.9. The van der Waals surface area contributed by atoms with E-state index in [9.17, 15) is 4.39 Å². The molecule has 1 nitrogen and oxygen atoms in total. The molecule has 18 heavy (non-hydrogen) atoms. The minimum absolute atomic E-state index is 0.282. The summed E-state index contributed by atoms with van der Waals surface area (Å²) in [4.78, 5) is 0. The lowest BCUT2D eigenvalue weighted by atomic mass is 10.1. The molecular formula is C15H14ClFO. The molecule has 0 fully saturated rings. The molecule has 0 saturated carbocycles. The van der Waals surface area contributed by atoms with Gasteiger partial charge >= 0.3 is 0 Å². The van der Waals surface area contributed by atoms with Crippen molar-refractivity contribution in [2.24, 2.45) is 0 Å². The molecule has 1 aromatic heterocycles. The molecule has 94 valence electrons. The van der Waals surface area contributed by atoms with Crippen LogP contribution in [-0.2, 0) is 0 Å². The van der Waals surface area contributed by atoms with E-state index in [4.69, 9.17) is 16.0 Å². The Morgan fingerprint density at radius 1 is 1.28 bits per heavy atom. The van der Waals surface area contributed by atoms with Crippen molar-refractivity contribution in [1.82, 2.24) is 0 Å². The summed E-state index contributed by atoms with van der Waals surface area (Å²) >= 11 is 5.80. The minimum atomic E-state index is -0.282. The minimum Gasteiger partial charge on any atom is -0.457 e. The van der Waals surface area contributed by atoms with Crippen LogP contribution in [-0.4, -0.2) is 5.88 Å². The molecule has 0 bridgehead atoms. The number of rotatable bonds is 4. The lowest BCUT2D eigenvalue weighted by molar-refractivity contribution is 0.560. The van der Waals surface area contributed by atoms with Crippen LogP contribution in [0, 0.1) is 5.82 Å². The normalized spacial score (nSPS) is 11.8. The van der Waals surface area contributed by atoms with Gasteiger partial charge in [0, 0.05) is 5.88 Å². The highest BCUT2D eigenvalue weighted by Crippen LogP contribution is 2.26. The molecule has 2 rings (SSSR count). The molecule has 1 aromatic carbocycles. The van der Waals surface area contributed by atoms with Crippen molar-refractivity contribution in [3.05, 3.63) is 53.5 Å². The van der Waals surface area contributed by atoms with Crippen molar-refractivity contribution in [3.8, 4) is 11.3 Å². The number of benzene rings is 1. The maximum Gasteiger partial charge on any atom is 0.137 e. The average molecular weight is 265 g/mol. The maximum atomic E-state index is 13.6. The number of hydrogen-bond donors (Lipinski definition) is 0. The zero-order valence-electron chi connectivity index (χ0n) is 10.1. The van der Waals surface area contributed by atoms with Crippen molar-refractivity contribution in [2.45, 2.75) is 13.3 Å². The maximum absolute atomic E-state index is 13.6. The molecule has 2 aromatic rings. The summed E-state index contributed by atoms with van der Waals surface area (Å²) in [5, 5.41) is 0. The Labute approximate surface area is 111 Å². The van der Waals surface area contributed by atoms with Crippen LogP contribution in [0.1, 0.15) is 19.1 Å². The monoisotopic (exact) mass is 264 g/mol. The smallest absolute Gasteiger partial charge is 0.137 e. The Balaban J connectivity index is 2.32. The van der Waals surface area contributed by atoms with Crippen molar-refractivity contribution >= 4 is 17.7 Å². The Morgan fingerprint density at radius 3 is 2.72 bits per heavy atom. The van der Waals surface area contributed by atoms with E-state index in [0.29, 0.717) is 23.0 Å². The molecular weight excluding hydrogens is 251 g/mol. The van der Waals surface area contributed by atoms with Crippen LogP contribution in [0.25, 0.3) is 17.4 Å². The summed E-state index contributed by atoms with van der Waals surface area (Å²) in [6.07, 6.45) is 2.77. The molecule has 3 heteroatoms. The van der Waals surface area contributed by atoms with Crippen LogP contribution >= 0.6 is 11.6 Å². The summed E-state index contributed by atoms with van der Waals surface area (Å²) in [6, 6.07) is 10.2. The number of furan rings is 1. The third-order valence-electron chi connectivity index (χ3n) is 2.74. The zero-order chi connectivity index (χ0) is 13.0. The number of halogens is 2. The van der Waals surface area contributed by atoms with Gasteiger partial charge in [0.15, 0.2) is 0 Å². The van der Waals surface area contributed by atoms with Gasteiger partial charge in [0.05, 0.1) is 5.56 Å². The van der Waals surface area contributed by atoms with Crippen LogP contribution < -0.4 is 0 Å². The van der Waals surface area contributed by atoms with Gasteiger partial charge in [0.25, 0.3) is 0 Å². The molecule has 0 aliphatic rings. The SMILES string of the molecule is CCC(=Cc1ccc(-c2ccccc2F)o1)CCl. The van der Waals surface area contributed by atoms with Crippen molar-refractivity contribution < 1.29 is 8.81 Å². The van der Waals surface area contributed by atoms with Gasteiger partial charge in [-0.3, -0.25) is 0 Å². The quantitative estimate of drug-likeness (QED) is 0.699. The van der Waals surface area contributed by atoms with E-state index < -0.39 is 0 Å². The van der Waals surface area contributed by atoms with Crippen LogP contribution in [0.15, 0.2) is 46.4 Å². The first-order valence-electron chi connectivity index (χ1n) is 5.84. The molecule has 0 amide bonds. The Hall–Kier alpha value is -1.54. The summed E-state index contributed by atoms with van der Waals surface area (Å²) in [5.74, 6) is 1.43. The van der Waals surface area contributed by atoms with Crippen LogP contribution in [0.2, 0.25) is 0 Å². The van der Waals surface area contributed by atoms with E-state index >= 15 is 0 Å². The van der Waals surface area contributed by atoms with Gasteiger partial charge in [-0.1, -0.05) is 24.6 Å². The highest BCUT2D eigenvalue weighted by molar-refractivity contribution is 6.19. The number of hydrogen-bond acceptors (Lipinski definition) is 1. The number of allylic oxidation sites excluding steroid dienone is 1. The van der Waals surface area contributed by atoms with Crippen LogP contribution in [0.5, 0.6) is 0 Å². The van der Waals surface area contributed by atoms with Gasteiger partial charge in [-0.25, -0.2) is 4.39 Å². The van der Waals surface area contributed by atoms with Crippen molar-refractivity contribution in [2.75, 3.05) is 5.88 Å². The fourth-order valence-electron chi connectivity index (χ4n) is 1.67. The lowest BCUT2D eigenvalue weighted by Gasteiger charge is -1.99. The first-order chi connectivity index (χ1) is 8.74. The fourth-order valence-corrected chi connectivity index (χ4v) is 1.94. The predicted molar refractivity (Wildman–Crippen MR) is 73.1 cm³/mol. The summed E-state index contributed by atoms with van der Waals surface area (Å²) in [5.41, 5.74) is 1.56. The second-order valence-electron chi connectivity index (χ2n) is 3.97. The molecule has 0 spiro atoms. The van der Waals surface area contributed by atoms with E-state index in [0.717, 1.165) is 12.0 Å². The van der Waals surface area contributed by atoms with E-state index in [-0.39, 0.29) is 5.82 Å². The molecule has 0 aliphatic heterocycles. The Kier molecular flexibility index (Phi) is 4.21. The van der Waals surface area contributed by atoms with E-state index in [1.54, 1.807) is 24.3 Å². The molecule has 1 heterocycles. The van der Waals surface area contributed by atoms with E-state index in [1.165, 1.54) is 6.07 Å². The largest absolute Gasteiger partial charge is 0.457 e. The Morgan fingerprint density at radius 2 is 2.06 bits per heavy atom. The first-order valence-corrected chi connectivity index (χ1v) is 6.38. The Bertz CT molecular complexity index is 551. The van der Waals surface area contributed by atoms with E-state index in [1.807, 2.05) is 19.1 Å². The molecule has 0 atom stereocenters. The fraction of sp³-hybridized carbons (Fsp3) is 0.200. The van der Waals surface area contributed by atoms with Gasteiger partial charge in [-0.15, -0.1) is 11.6 Å². The highest BCUT2D eigenvalue weighted by Gasteiger charge is 2.08. The summed E-state index contributed by atoms with van der Waals surface area (Å²) < 4.78 is 19.2. The summed E-state index contributed by atoms with van der Waals surface area (Å²) in [6.45, 7) is 2.04. The predicted octanol–water partition coefficient (Wildman–Crippen LogP) is 5.12. The van der Waals surface area contributed by atoms with Crippen LogP contribution in [0.4, 0.5) is 4.39 Å². The summed E-state index contributed by atoms with van der Waals surface area (Å²) in [7, 11) is 0. The topological polar surface area (TPSA) is 13.1 Å². The first kappa shape index (κ1) is 12.9. The third-order valence-corrected chi connectivity index (χ3v) is 3.08. The van der Waals surface area contributed by atoms with Gasteiger partial charge in [0.2, 0.25) is 0 Å². The van der Waals surface area contributed by atoms with E-state index in [2.05, 4.69) is 0 Å². The van der Waals surface area contributed by atoms with Gasteiger partial charge < -0.3 is 4.42 Å². The third kappa shape index (κ3) is 2.82. The van der Waals surface area contributed by atoms with Crippen molar-refractivity contribution in [3.63, 3.8) is 0 Å². The molecule has 0 saturated heterocycles.